The van der Waals surface area contributed by atoms with Gasteiger partial charge in [0, 0.05) is 22.6 Å². The van der Waals surface area contributed by atoms with Gasteiger partial charge in [0.1, 0.15) is 12.2 Å². The summed E-state index contributed by atoms with van der Waals surface area (Å²) in [6.07, 6.45) is 0. The monoisotopic (exact) mass is 458 g/mol. The molecule has 0 aliphatic heterocycles. The molecule has 170 valence electrons. The number of pyridine rings is 2. The van der Waals surface area contributed by atoms with Crippen LogP contribution in [-0.2, 0) is 6.54 Å². The SMILES string of the molecule is Cc1cc(-c2c(-c3ccccc3)nc(N)[n+]3c(=O)n(Cc4ccc(F)c(=O)[nH]4)[nH]c23)cc(C)n1. The lowest BCUT2D eigenvalue weighted by Crippen LogP contribution is -2.44. The number of nitrogens with one attached hydrogen (secondary N) is 2. The fourth-order valence-corrected chi connectivity index (χ4v) is 4.08. The van der Waals surface area contributed by atoms with Crippen LogP contribution in [0.25, 0.3) is 28.0 Å². The van der Waals surface area contributed by atoms with E-state index in [9.17, 15) is 14.0 Å². The van der Waals surface area contributed by atoms with Crippen molar-refractivity contribution in [2.24, 2.45) is 0 Å². The van der Waals surface area contributed by atoms with Gasteiger partial charge < -0.3 is 10.7 Å². The van der Waals surface area contributed by atoms with Gasteiger partial charge in [0.15, 0.2) is 5.82 Å². The zero-order valence-electron chi connectivity index (χ0n) is 18.5. The first-order valence-corrected chi connectivity index (χ1v) is 10.5. The fraction of sp³-hybridized carbons (Fsp3) is 0.125. The molecule has 5 rings (SSSR count). The molecular formula is C24H21FN7O2+. The van der Waals surface area contributed by atoms with E-state index in [-0.39, 0.29) is 12.5 Å². The molecule has 0 fully saturated rings. The second-order valence-electron chi connectivity index (χ2n) is 8.02. The van der Waals surface area contributed by atoms with Crippen LogP contribution in [0, 0.1) is 19.7 Å². The van der Waals surface area contributed by atoms with Crippen molar-refractivity contribution in [1.82, 2.24) is 24.7 Å². The first-order chi connectivity index (χ1) is 16.3. The second-order valence-corrected chi connectivity index (χ2v) is 8.02. The minimum atomic E-state index is -0.895. The fourth-order valence-electron chi connectivity index (χ4n) is 4.08. The Bertz CT molecular complexity index is 1650. The number of hydrogen-bond acceptors (Lipinski definition) is 5. The van der Waals surface area contributed by atoms with Crippen LogP contribution in [0.3, 0.4) is 0 Å². The topological polar surface area (TPSA) is 127 Å². The predicted molar refractivity (Wildman–Crippen MR) is 125 cm³/mol. The van der Waals surface area contributed by atoms with Crippen molar-refractivity contribution >= 4 is 11.6 Å². The van der Waals surface area contributed by atoms with Crippen molar-refractivity contribution in [3.05, 3.63) is 98.3 Å². The summed E-state index contributed by atoms with van der Waals surface area (Å²) >= 11 is 0. The van der Waals surface area contributed by atoms with Crippen molar-refractivity contribution in [3.8, 4) is 22.4 Å². The maximum atomic E-state index is 13.4. The Morgan fingerprint density at radius 2 is 1.71 bits per heavy atom. The number of nitrogens with zero attached hydrogens (tertiary/aromatic N) is 4. The van der Waals surface area contributed by atoms with E-state index in [0.717, 1.165) is 28.6 Å². The molecule has 10 heteroatoms. The van der Waals surface area contributed by atoms with Crippen molar-refractivity contribution in [1.29, 1.82) is 0 Å². The molecule has 1 aromatic carbocycles. The van der Waals surface area contributed by atoms with Gasteiger partial charge in [-0.05, 0) is 43.7 Å². The molecule has 0 aliphatic rings. The first kappa shape index (κ1) is 21.3. The molecule has 0 bridgehead atoms. The minimum absolute atomic E-state index is 0.00713. The number of anilines is 1. The van der Waals surface area contributed by atoms with E-state index in [1.807, 2.05) is 56.3 Å². The van der Waals surface area contributed by atoms with Crippen LogP contribution in [0.4, 0.5) is 10.3 Å². The third kappa shape index (κ3) is 3.64. The predicted octanol–water partition coefficient (Wildman–Crippen LogP) is 2.11. The molecule has 4 aromatic heterocycles. The standard InChI is InChI=1S/C24H20FN7O2/c1-13-10-16(11-14(2)27-13)19-20(15-6-4-3-5-7-15)29-23(26)32-21(19)30-31(24(32)34)12-17-8-9-18(25)22(33)28-17/h3-11H,12H2,1-2H3,(H3,26,27,28,29,30,33)/p+1. The van der Waals surface area contributed by atoms with Gasteiger partial charge in [-0.3, -0.25) is 9.78 Å². The molecular weight excluding hydrogens is 437 g/mol. The van der Waals surface area contributed by atoms with Gasteiger partial charge in [-0.15, -0.1) is 9.38 Å². The third-order valence-corrected chi connectivity index (χ3v) is 5.48. The smallest absolute Gasteiger partial charge is 0.321 e. The van der Waals surface area contributed by atoms with Gasteiger partial charge in [-0.2, -0.15) is 4.68 Å². The second kappa shape index (κ2) is 8.07. The third-order valence-electron chi connectivity index (χ3n) is 5.48. The maximum Gasteiger partial charge on any atom is 0.428 e. The number of nitrogens with two attached hydrogens (primary N) is 1. The molecule has 0 unspecified atom stereocenters. The average Bonchev–Trinajstić information content (AvgIpc) is 3.12. The summed E-state index contributed by atoms with van der Waals surface area (Å²) in [4.78, 5) is 36.4. The highest BCUT2D eigenvalue weighted by molar-refractivity contribution is 5.88. The number of aryl methyl sites for hydroxylation is 2. The van der Waals surface area contributed by atoms with Crippen molar-refractivity contribution in [2.75, 3.05) is 5.73 Å². The average molecular weight is 458 g/mol. The van der Waals surface area contributed by atoms with Crippen molar-refractivity contribution in [3.63, 3.8) is 0 Å². The molecule has 0 saturated carbocycles. The number of benzene rings is 1. The minimum Gasteiger partial charge on any atom is -0.321 e. The van der Waals surface area contributed by atoms with Crippen LogP contribution in [0.2, 0.25) is 0 Å². The Morgan fingerprint density at radius 3 is 2.38 bits per heavy atom. The number of H-pyrrole nitrogens is 2. The maximum absolute atomic E-state index is 13.4. The normalized spacial score (nSPS) is 11.3. The summed E-state index contributed by atoms with van der Waals surface area (Å²) in [5.41, 5.74) is 10.3. The number of hydrogen-bond donors (Lipinski definition) is 3. The van der Waals surface area contributed by atoms with Gasteiger partial charge in [-0.1, -0.05) is 30.3 Å². The van der Waals surface area contributed by atoms with Crippen LogP contribution in [0.1, 0.15) is 17.1 Å². The lowest BCUT2D eigenvalue weighted by atomic mass is 9.99. The van der Waals surface area contributed by atoms with Gasteiger partial charge >= 0.3 is 11.6 Å². The van der Waals surface area contributed by atoms with Gasteiger partial charge in [0.25, 0.3) is 5.56 Å². The Labute approximate surface area is 192 Å². The Morgan fingerprint density at radius 1 is 1.00 bits per heavy atom. The Kier molecular flexibility index (Phi) is 5.05. The van der Waals surface area contributed by atoms with E-state index in [0.29, 0.717) is 22.6 Å². The van der Waals surface area contributed by atoms with Crippen LogP contribution >= 0.6 is 0 Å². The van der Waals surface area contributed by atoms with Crippen LogP contribution in [0.5, 0.6) is 0 Å². The van der Waals surface area contributed by atoms with Crippen LogP contribution in [-0.4, -0.2) is 24.7 Å². The highest BCUT2D eigenvalue weighted by atomic mass is 19.1. The summed E-state index contributed by atoms with van der Waals surface area (Å²) in [6, 6.07) is 15.8. The van der Waals surface area contributed by atoms with E-state index in [1.54, 1.807) is 0 Å². The highest BCUT2D eigenvalue weighted by Gasteiger charge is 2.26. The summed E-state index contributed by atoms with van der Waals surface area (Å²) in [6.45, 7) is 3.77. The number of fused-ring (bicyclic) bond motifs is 1. The number of halogens is 1. The molecule has 0 aliphatic carbocycles. The molecule has 0 amide bonds. The van der Waals surface area contributed by atoms with E-state index in [4.69, 9.17) is 5.73 Å². The number of aromatic amines is 2. The quantitative estimate of drug-likeness (QED) is 0.356. The first-order valence-electron chi connectivity index (χ1n) is 10.5. The zero-order chi connectivity index (χ0) is 24.0. The Balaban J connectivity index is 1.81. The molecule has 0 radical (unpaired) electrons. The van der Waals surface area contributed by atoms with E-state index in [1.165, 1.54) is 15.1 Å². The van der Waals surface area contributed by atoms with Gasteiger partial charge in [0.2, 0.25) is 5.65 Å². The van der Waals surface area contributed by atoms with E-state index >= 15 is 0 Å². The van der Waals surface area contributed by atoms with E-state index < -0.39 is 17.1 Å². The van der Waals surface area contributed by atoms with Crippen LogP contribution < -0.4 is 21.4 Å². The molecule has 0 saturated heterocycles. The lowest BCUT2D eigenvalue weighted by Gasteiger charge is -2.10. The van der Waals surface area contributed by atoms with Crippen molar-refractivity contribution < 1.29 is 8.79 Å². The number of aromatic nitrogens is 6. The summed E-state index contributed by atoms with van der Waals surface area (Å²) < 4.78 is 16.0. The molecule has 34 heavy (non-hydrogen) atoms. The number of rotatable bonds is 4. The number of nitrogen functional groups attached to an aromatic ring is 1. The lowest BCUT2D eigenvalue weighted by molar-refractivity contribution is -0.516. The Hall–Kier alpha value is -4.60. The summed E-state index contributed by atoms with van der Waals surface area (Å²) in [5.74, 6) is -0.888. The van der Waals surface area contributed by atoms with E-state index in [2.05, 4.69) is 20.1 Å². The summed E-state index contributed by atoms with van der Waals surface area (Å²) in [5, 5.41) is 3.11. The molecule has 0 atom stereocenters. The molecule has 5 aromatic rings. The molecule has 9 nitrogen and oxygen atoms in total. The summed E-state index contributed by atoms with van der Waals surface area (Å²) in [7, 11) is 0. The zero-order valence-corrected chi connectivity index (χ0v) is 18.5. The van der Waals surface area contributed by atoms with Gasteiger partial charge in [-0.25, -0.2) is 14.3 Å². The highest BCUT2D eigenvalue weighted by Crippen LogP contribution is 2.33. The molecule has 4 heterocycles. The van der Waals surface area contributed by atoms with Gasteiger partial charge in [0.05, 0.1) is 5.56 Å². The molecule has 0 spiro atoms. The molecule has 4 N–H and O–H groups in total. The largest absolute Gasteiger partial charge is 0.428 e. The van der Waals surface area contributed by atoms with Crippen molar-refractivity contribution in [2.45, 2.75) is 20.4 Å². The van der Waals surface area contributed by atoms with Crippen LogP contribution in [0.15, 0.2) is 64.2 Å².